The minimum Gasteiger partial charge on any atom is -0.381 e. The first kappa shape index (κ1) is 20.5. The second-order valence-corrected chi connectivity index (χ2v) is 7.48. The molecule has 1 aromatic heterocycles. The first-order chi connectivity index (χ1) is 13.6. The molecular weight excluding hydrogens is 352 g/mol. The molecule has 1 amide bonds. The maximum Gasteiger partial charge on any atom is 0.226 e. The van der Waals surface area contributed by atoms with Gasteiger partial charge in [-0.15, -0.1) is 0 Å². The average Bonchev–Trinajstić information content (AvgIpc) is 2.74. The first-order valence-corrected chi connectivity index (χ1v) is 10.1. The summed E-state index contributed by atoms with van der Waals surface area (Å²) in [6.07, 6.45) is 5.86. The molecule has 0 spiro atoms. The van der Waals surface area contributed by atoms with Crippen LogP contribution in [0.25, 0.3) is 11.1 Å². The van der Waals surface area contributed by atoms with Gasteiger partial charge in [-0.1, -0.05) is 30.3 Å². The quantitative estimate of drug-likeness (QED) is 0.757. The maximum atomic E-state index is 13.1. The smallest absolute Gasteiger partial charge is 0.226 e. The molecule has 2 heterocycles. The Morgan fingerprint density at radius 1 is 1.21 bits per heavy atom. The molecule has 1 N–H and O–H groups in total. The van der Waals surface area contributed by atoms with Gasteiger partial charge in [0.25, 0.3) is 0 Å². The van der Waals surface area contributed by atoms with Crippen molar-refractivity contribution in [2.75, 3.05) is 26.4 Å². The molecule has 1 aliphatic heterocycles. The molecule has 1 aromatic carbocycles. The van der Waals surface area contributed by atoms with Crippen molar-refractivity contribution >= 4 is 5.91 Å². The highest BCUT2D eigenvalue weighted by Gasteiger charge is 2.40. The van der Waals surface area contributed by atoms with Gasteiger partial charge in [0.05, 0.1) is 11.5 Å². The minimum atomic E-state index is -0.417. The van der Waals surface area contributed by atoms with Gasteiger partial charge in [0.15, 0.2) is 0 Å². The van der Waals surface area contributed by atoms with E-state index in [4.69, 9.17) is 9.47 Å². The van der Waals surface area contributed by atoms with Gasteiger partial charge in [0.2, 0.25) is 5.91 Å². The number of aromatic nitrogens is 1. The summed E-state index contributed by atoms with van der Waals surface area (Å²) in [7, 11) is 0. The van der Waals surface area contributed by atoms with Crippen molar-refractivity contribution in [2.24, 2.45) is 5.41 Å². The average molecular weight is 383 g/mol. The molecule has 1 unspecified atom stereocenters. The van der Waals surface area contributed by atoms with Gasteiger partial charge >= 0.3 is 0 Å². The van der Waals surface area contributed by atoms with E-state index in [9.17, 15) is 4.79 Å². The number of benzene rings is 1. The van der Waals surface area contributed by atoms with Crippen LogP contribution in [0.5, 0.6) is 0 Å². The normalized spacial score (nSPS) is 17.1. The van der Waals surface area contributed by atoms with E-state index >= 15 is 0 Å². The topological polar surface area (TPSA) is 60.5 Å². The van der Waals surface area contributed by atoms with E-state index in [-0.39, 0.29) is 12.0 Å². The molecule has 1 aliphatic rings. The predicted octanol–water partition coefficient (Wildman–Crippen LogP) is 3.63. The van der Waals surface area contributed by atoms with Crippen molar-refractivity contribution in [3.8, 4) is 11.1 Å². The number of carbonyl (C=O) groups is 1. The summed E-state index contributed by atoms with van der Waals surface area (Å²) in [5, 5.41) is 3.11. The van der Waals surface area contributed by atoms with Crippen molar-refractivity contribution in [3.63, 3.8) is 0 Å². The lowest BCUT2D eigenvalue weighted by Gasteiger charge is -2.36. The van der Waals surface area contributed by atoms with Crippen LogP contribution in [0.15, 0.2) is 48.8 Å². The van der Waals surface area contributed by atoms with Crippen molar-refractivity contribution in [3.05, 3.63) is 54.4 Å². The Balaban J connectivity index is 1.70. The first-order valence-electron chi connectivity index (χ1n) is 10.1. The van der Waals surface area contributed by atoms with Gasteiger partial charge in [-0.25, -0.2) is 0 Å². The third kappa shape index (κ3) is 5.18. The Labute approximate surface area is 167 Å². The van der Waals surface area contributed by atoms with Gasteiger partial charge in [-0.2, -0.15) is 0 Å². The van der Waals surface area contributed by atoms with Crippen LogP contribution in [0, 0.1) is 5.41 Å². The molecule has 28 heavy (non-hydrogen) atoms. The third-order valence-corrected chi connectivity index (χ3v) is 5.42. The Morgan fingerprint density at radius 3 is 2.61 bits per heavy atom. The third-order valence-electron chi connectivity index (χ3n) is 5.42. The van der Waals surface area contributed by atoms with Crippen molar-refractivity contribution in [1.82, 2.24) is 10.3 Å². The molecule has 1 fully saturated rings. The lowest BCUT2D eigenvalue weighted by Crippen LogP contribution is -2.47. The van der Waals surface area contributed by atoms with Crippen LogP contribution in [-0.2, 0) is 20.7 Å². The van der Waals surface area contributed by atoms with Gasteiger partial charge in [-0.05, 0) is 55.9 Å². The highest BCUT2D eigenvalue weighted by atomic mass is 16.5. The standard InChI is InChI=1S/C23H30N2O3/c1-3-28-18(2)16-25-22(26)23(10-13-27-14-11-23)15-19-6-8-20(9-7-19)21-5-4-12-24-17-21/h4-9,12,17-18H,3,10-11,13-16H2,1-2H3,(H,25,26). The van der Waals surface area contributed by atoms with Crippen LogP contribution in [-0.4, -0.2) is 43.4 Å². The molecule has 1 atom stereocenters. The van der Waals surface area contributed by atoms with E-state index in [1.54, 1.807) is 6.20 Å². The van der Waals surface area contributed by atoms with Crippen molar-refractivity contribution < 1.29 is 14.3 Å². The van der Waals surface area contributed by atoms with E-state index in [1.807, 2.05) is 26.1 Å². The molecule has 0 bridgehead atoms. The summed E-state index contributed by atoms with van der Waals surface area (Å²) in [5.74, 6) is 0.110. The molecule has 3 rings (SSSR count). The monoisotopic (exact) mass is 382 g/mol. The minimum absolute atomic E-state index is 0.0182. The molecule has 5 heteroatoms. The largest absolute Gasteiger partial charge is 0.381 e. The van der Waals surface area contributed by atoms with Gasteiger partial charge < -0.3 is 14.8 Å². The highest BCUT2D eigenvalue weighted by molar-refractivity contribution is 5.83. The molecular formula is C23H30N2O3. The summed E-state index contributed by atoms with van der Waals surface area (Å²) in [5.41, 5.74) is 2.98. The number of ether oxygens (including phenoxy) is 2. The van der Waals surface area contributed by atoms with Gasteiger partial charge in [-0.3, -0.25) is 9.78 Å². The number of hydrogen-bond donors (Lipinski definition) is 1. The Morgan fingerprint density at radius 2 is 1.96 bits per heavy atom. The Bertz CT molecular complexity index is 740. The zero-order valence-corrected chi connectivity index (χ0v) is 16.8. The number of carbonyl (C=O) groups excluding carboxylic acids is 1. The van der Waals surface area contributed by atoms with E-state index in [0.717, 1.165) is 30.4 Å². The van der Waals surface area contributed by atoms with Crippen LogP contribution in [0.3, 0.4) is 0 Å². The fourth-order valence-corrected chi connectivity index (χ4v) is 3.75. The van der Waals surface area contributed by atoms with E-state index in [1.165, 1.54) is 5.56 Å². The number of rotatable bonds is 8. The second-order valence-electron chi connectivity index (χ2n) is 7.48. The number of hydrogen-bond acceptors (Lipinski definition) is 4. The van der Waals surface area contributed by atoms with Crippen LogP contribution < -0.4 is 5.32 Å². The van der Waals surface area contributed by atoms with Gasteiger partial charge in [0.1, 0.15) is 0 Å². The predicted molar refractivity (Wildman–Crippen MR) is 110 cm³/mol. The van der Waals surface area contributed by atoms with Crippen molar-refractivity contribution in [2.45, 2.75) is 39.2 Å². The van der Waals surface area contributed by atoms with Crippen LogP contribution in [0.1, 0.15) is 32.3 Å². The SMILES string of the molecule is CCOC(C)CNC(=O)C1(Cc2ccc(-c3cccnc3)cc2)CCOCC1. The summed E-state index contributed by atoms with van der Waals surface area (Å²) < 4.78 is 11.1. The van der Waals surface area contributed by atoms with Crippen LogP contribution in [0.4, 0.5) is 0 Å². The fourth-order valence-electron chi connectivity index (χ4n) is 3.75. The fraction of sp³-hybridized carbons (Fsp3) is 0.478. The molecule has 150 valence electrons. The lowest BCUT2D eigenvalue weighted by atomic mass is 9.74. The molecule has 5 nitrogen and oxygen atoms in total. The van der Waals surface area contributed by atoms with Crippen LogP contribution >= 0.6 is 0 Å². The molecule has 0 saturated carbocycles. The summed E-state index contributed by atoms with van der Waals surface area (Å²) in [4.78, 5) is 17.3. The van der Waals surface area contributed by atoms with Crippen LogP contribution in [0.2, 0.25) is 0 Å². The van der Waals surface area contributed by atoms with E-state index in [2.05, 4.69) is 40.6 Å². The highest BCUT2D eigenvalue weighted by Crippen LogP contribution is 2.35. The summed E-state index contributed by atoms with van der Waals surface area (Å²) in [6.45, 7) is 6.39. The molecule has 1 saturated heterocycles. The van der Waals surface area contributed by atoms with E-state index < -0.39 is 5.41 Å². The summed E-state index contributed by atoms with van der Waals surface area (Å²) >= 11 is 0. The molecule has 0 radical (unpaired) electrons. The number of amides is 1. The molecule has 0 aliphatic carbocycles. The van der Waals surface area contributed by atoms with E-state index in [0.29, 0.717) is 26.4 Å². The second kappa shape index (κ2) is 9.80. The maximum absolute atomic E-state index is 13.1. The number of nitrogens with one attached hydrogen (secondary N) is 1. The number of pyridine rings is 1. The summed E-state index contributed by atoms with van der Waals surface area (Å²) in [6, 6.07) is 12.4. The zero-order valence-electron chi connectivity index (χ0n) is 16.8. The van der Waals surface area contributed by atoms with Crippen molar-refractivity contribution in [1.29, 1.82) is 0 Å². The number of nitrogens with zero attached hydrogens (tertiary/aromatic N) is 1. The Kier molecular flexibility index (Phi) is 7.18. The van der Waals surface area contributed by atoms with Gasteiger partial charge in [0, 0.05) is 38.8 Å². The zero-order chi connectivity index (χ0) is 19.8. The Hall–Kier alpha value is -2.24. The molecule has 2 aromatic rings. The lowest BCUT2D eigenvalue weighted by molar-refractivity contribution is -0.137.